The first-order valence-corrected chi connectivity index (χ1v) is 12.7. The van der Waals surface area contributed by atoms with Gasteiger partial charge < -0.3 is 9.52 Å². The molecule has 0 spiro atoms. The smallest absolute Gasteiger partial charge is 0.203 e. The number of aromatic nitrogens is 1. The number of piperidine rings is 1. The van der Waals surface area contributed by atoms with Gasteiger partial charge >= 0.3 is 0 Å². The third kappa shape index (κ3) is 3.96. The van der Waals surface area contributed by atoms with Crippen molar-refractivity contribution in [2.75, 3.05) is 13.1 Å². The molecule has 6 heteroatoms. The number of phenols is 1. The molecule has 1 aliphatic heterocycles. The van der Waals surface area contributed by atoms with Crippen LogP contribution in [0.5, 0.6) is 5.75 Å². The van der Waals surface area contributed by atoms with E-state index < -0.39 is 0 Å². The molecule has 0 unspecified atom stereocenters. The van der Waals surface area contributed by atoms with E-state index in [1.54, 1.807) is 0 Å². The third-order valence-corrected chi connectivity index (χ3v) is 7.65. The van der Waals surface area contributed by atoms with E-state index >= 15 is 0 Å². The fraction of sp³-hybridized carbons (Fsp3) is 0.407. The average molecular weight is 463 g/mol. The SMILES string of the molecule is CCc1cc2c(=O)c(-c3nc4ccccc4s3)c(C(C)C)oc2c(CN2CCCCC2)c1O. The van der Waals surface area contributed by atoms with E-state index in [2.05, 4.69) is 4.90 Å². The summed E-state index contributed by atoms with van der Waals surface area (Å²) in [6.45, 7) is 8.67. The maximum Gasteiger partial charge on any atom is 0.203 e. The van der Waals surface area contributed by atoms with Crippen molar-refractivity contribution < 1.29 is 9.52 Å². The van der Waals surface area contributed by atoms with E-state index in [-0.39, 0.29) is 17.1 Å². The Morgan fingerprint density at radius 1 is 1.18 bits per heavy atom. The van der Waals surface area contributed by atoms with Gasteiger partial charge in [0.25, 0.3) is 0 Å². The van der Waals surface area contributed by atoms with Crippen LogP contribution < -0.4 is 5.43 Å². The lowest BCUT2D eigenvalue weighted by molar-refractivity contribution is 0.218. The molecular formula is C27H30N2O3S. The molecule has 2 aromatic carbocycles. The van der Waals surface area contributed by atoms with Gasteiger partial charge in [-0.3, -0.25) is 9.69 Å². The van der Waals surface area contributed by atoms with E-state index in [4.69, 9.17) is 9.40 Å². The van der Waals surface area contributed by atoms with Crippen molar-refractivity contribution in [2.45, 2.75) is 58.9 Å². The van der Waals surface area contributed by atoms with Gasteiger partial charge in [-0.25, -0.2) is 4.98 Å². The second-order valence-electron chi connectivity index (χ2n) is 9.24. The molecule has 0 atom stereocenters. The van der Waals surface area contributed by atoms with Gasteiger partial charge in [0.05, 0.1) is 26.7 Å². The lowest BCUT2D eigenvalue weighted by Crippen LogP contribution is -2.29. The molecule has 2 aromatic heterocycles. The Morgan fingerprint density at radius 3 is 2.64 bits per heavy atom. The standard InChI is InChI=1S/C27H30N2O3S/c1-4-17-14-18-24(31)22(27-28-20-10-6-7-11-21(20)33-27)25(16(2)3)32-26(18)19(23(17)30)15-29-12-8-5-9-13-29/h6-7,10-11,14,16,30H,4-5,8-9,12-13,15H2,1-3H3. The van der Waals surface area contributed by atoms with Crippen LogP contribution in [0.3, 0.4) is 0 Å². The first-order chi connectivity index (χ1) is 16.0. The molecule has 5 nitrogen and oxygen atoms in total. The number of phenolic OH excluding ortho intramolecular Hbond substituents is 1. The topological polar surface area (TPSA) is 66.6 Å². The third-order valence-electron chi connectivity index (χ3n) is 6.60. The molecule has 0 saturated carbocycles. The number of benzene rings is 2. The van der Waals surface area contributed by atoms with Gasteiger partial charge in [0.1, 0.15) is 22.1 Å². The minimum absolute atomic E-state index is 0.0000524. The highest BCUT2D eigenvalue weighted by atomic mass is 32.1. The minimum Gasteiger partial charge on any atom is -0.507 e. The van der Waals surface area contributed by atoms with Gasteiger partial charge in [0.2, 0.25) is 5.43 Å². The molecule has 172 valence electrons. The first-order valence-electron chi connectivity index (χ1n) is 11.9. The second-order valence-corrected chi connectivity index (χ2v) is 10.3. The Labute approximate surface area is 197 Å². The molecule has 1 aliphatic rings. The zero-order chi connectivity index (χ0) is 23.1. The predicted molar refractivity (Wildman–Crippen MR) is 135 cm³/mol. The molecule has 1 N–H and O–H groups in total. The van der Waals surface area contributed by atoms with Gasteiger partial charge in [-0.1, -0.05) is 39.3 Å². The van der Waals surface area contributed by atoms with Crippen molar-refractivity contribution in [3.63, 3.8) is 0 Å². The summed E-state index contributed by atoms with van der Waals surface area (Å²) in [7, 11) is 0. The Bertz CT molecular complexity index is 1350. The lowest BCUT2D eigenvalue weighted by atomic mass is 9.97. The highest BCUT2D eigenvalue weighted by Gasteiger charge is 2.26. The van der Waals surface area contributed by atoms with Crippen molar-refractivity contribution in [3.05, 3.63) is 57.4 Å². The van der Waals surface area contributed by atoms with Crippen LogP contribution in [-0.4, -0.2) is 28.1 Å². The number of rotatable bonds is 5. The maximum atomic E-state index is 14.0. The number of likely N-dealkylation sites (tertiary alicyclic amines) is 1. The van der Waals surface area contributed by atoms with E-state index in [9.17, 15) is 9.90 Å². The largest absolute Gasteiger partial charge is 0.507 e. The summed E-state index contributed by atoms with van der Waals surface area (Å²) in [4.78, 5) is 21.1. The monoisotopic (exact) mass is 462 g/mol. The van der Waals surface area contributed by atoms with Crippen molar-refractivity contribution in [2.24, 2.45) is 0 Å². The lowest BCUT2D eigenvalue weighted by Gasteiger charge is -2.27. The molecule has 1 saturated heterocycles. The summed E-state index contributed by atoms with van der Waals surface area (Å²) in [6, 6.07) is 9.76. The van der Waals surface area contributed by atoms with Crippen LogP contribution in [0.25, 0.3) is 31.8 Å². The van der Waals surface area contributed by atoms with E-state index in [0.717, 1.165) is 47.3 Å². The Balaban J connectivity index is 1.77. The van der Waals surface area contributed by atoms with Crippen LogP contribution in [0.15, 0.2) is 39.5 Å². The molecule has 0 radical (unpaired) electrons. The number of hydrogen-bond donors (Lipinski definition) is 1. The first kappa shape index (κ1) is 22.1. The quantitative estimate of drug-likeness (QED) is 0.369. The molecular weight excluding hydrogens is 432 g/mol. The summed E-state index contributed by atoms with van der Waals surface area (Å²) in [6.07, 6.45) is 4.22. The van der Waals surface area contributed by atoms with Crippen LogP contribution in [0.1, 0.15) is 62.8 Å². The van der Waals surface area contributed by atoms with Crippen LogP contribution in [-0.2, 0) is 13.0 Å². The van der Waals surface area contributed by atoms with Gasteiger partial charge in [-0.2, -0.15) is 0 Å². The number of thiazole rings is 1. The highest BCUT2D eigenvalue weighted by molar-refractivity contribution is 7.21. The highest BCUT2D eigenvalue weighted by Crippen LogP contribution is 2.38. The zero-order valence-electron chi connectivity index (χ0n) is 19.5. The van der Waals surface area contributed by atoms with Crippen LogP contribution in [0.2, 0.25) is 0 Å². The number of aryl methyl sites for hydroxylation is 1. The second kappa shape index (κ2) is 8.92. The summed E-state index contributed by atoms with van der Waals surface area (Å²) >= 11 is 1.52. The predicted octanol–water partition coefficient (Wildman–Crippen LogP) is 6.45. The van der Waals surface area contributed by atoms with Gasteiger partial charge in [-0.15, -0.1) is 11.3 Å². The fourth-order valence-electron chi connectivity index (χ4n) is 4.81. The number of aromatic hydroxyl groups is 1. The van der Waals surface area contributed by atoms with Crippen LogP contribution in [0, 0.1) is 0 Å². The normalized spacial score (nSPS) is 15.2. The molecule has 0 amide bonds. The average Bonchev–Trinajstić information content (AvgIpc) is 3.25. The Morgan fingerprint density at radius 2 is 1.94 bits per heavy atom. The Kier molecular flexibility index (Phi) is 5.97. The van der Waals surface area contributed by atoms with Crippen molar-refractivity contribution in [3.8, 4) is 16.3 Å². The van der Waals surface area contributed by atoms with Crippen molar-refractivity contribution in [1.82, 2.24) is 9.88 Å². The summed E-state index contributed by atoms with van der Waals surface area (Å²) < 4.78 is 7.57. The summed E-state index contributed by atoms with van der Waals surface area (Å²) in [5.74, 6) is 0.899. The molecule has 1 fully saturated rings. The molecule has 0 aliphatic carbocycles. The molecule has 33 heavy (non-hydrogen) atoms. The molecule has 0 bridgehead atoms. The fourth-order valence-corrected chi connectivity index (χ4v) is 5.82. The van der Waals surface area contributed by atoms with Gasteiger partial charge in [0, 0.05) is 12.5 Å². The van der Waals surface area contributed by atoms with E-state index in [1.165, 1.54) is 17.8 Å². The van der Waals surface area contributed by atoms with Crippen molar-refractivity contribution in [1.29, 1.82) is 0 Å². The van der Waals surface area contributed by atoms with Crippen LogP contribution >= 0.6 is 11.3 Å². The minimum atomic E-state index is -0.0615. The molecule has 3 heterocycles. The number of hydrogen-bond acceptors (Lipinski definition) is 6. The van der Waals surface area contributed by atoms with Crippen LogP contribution in [0.4, 0.5) is 0 Å². The van der Waals surface area contributed by atoms with E-state index in [1.807, 2.05) is 51.1 Å². The van der Waals surface area contributed by atoms with Gasteiger partial charge in [0.15, 0.2) is 0 Å². The summed E-state index contributed by atoms with van der Waals surface area (Å²) in [5.41, 5.74) is 3.42. The molecule has 4 aromatic rings. The number of para-hydroxylation sites is 1. The molecule has 5 rings (SSSR count). The van der Waals surface area contributed by atoms with Gasteiger partial charge in [-0.05, 0) is 56.1 Å². The van der Waals surface area contributed by atoms with Crippen molar-refractivity contribution >= 4 is 32.5 Å². The zero-order valence-corrected chi connectivity index (χ0v) is 20.3. The maximum absolute atomic E-state index is 14.0. The summed E-state index contributed by atoms with van der Waals surface area (Å²) in [5, 5.41) is 12.4. The van der Waals surface area contributed by atoms with E-state index in [0.29, 0.717) is 40.3 Å². The number of fused-ring (bicyclic) bond motifs is 2. The number of nitrogens with zero attached hydrogens (tertiary/aromatic N) is 2. The Hall–Kier alpha value is -2.70.